The number of rotatable bonds is 6. The van der Waals surface area contributed by atoms with Crippen LogP contribution in [-0.4, -0.2) is 46.7 Å². The van der Waals surface area contributed by atoms with Crippen LogP contribution in [0.5, 0.6) is 0 Å². The summed E-state index contributed by atoms with van der Waals surface area (Å²) >= 11 is 0. The van der Waals surface area contributed by atoms with Crippen molar-refractivity contribution in [2.24, 2.45) is 0 Å². The minimum absolute atomic E-state index is 0.0911. The van der Waals surface area contributed by atoms with E-state index < -0.39 is 15.6 Å². The molecule has 0 amide bonds. The number of aliphatic hydroxyl groups is 1. The van der Waals surface area contributed by atoms with Crippen molar-refractivity contribution in [3.8, 4) is 0 Å². The van der Waals surface area contributed by atoms with Crippen LogP contribution in [-0.2, 0) is 23.0 Å². The second kappa shape index (κ2) is 6.49. The number of nitrogen functional groups attached to an aromatic ring is 1. The van der Waals surface area contributed by atoms with Crippen molar-refractivity contribution in [1.29, 1.82) is 0 Å². The summed E-state index contributed by atoms with van der Waals surface area (Å²) in [5.41, 5.74) is 7.47. The van der Waals surface area contributed by atoms with E-state index in [1.165, 1.54) is 0 Å². The van der Waals surface area contributed by atoms with Crippen molar-refractivity contribution >= 4 is 37.6 Å². The van der Waals surface area contributed by atoms with Gasteiger partial charge in [-0.2, -0.15) is 5.10 Å². The number of nitrogens with one attached hydrogen (secondary N) is 1. The number of nitrogens with zero attached hydrogens (tertiary/aromatic N) is 3. The number of aromatic nitrogens is 3. The molecule has 0 aliphatic rings. The molecule has 26 heavy (non-hydrogen) atoms. The molecule has 9 heteroatoms. The molecule has 0 atom stereocenters. The smallest absolute Gasteiger partial charge is 0.209 e. The lowest BCUT2D eigenvalue weighted by atomic mass is 9.96. The Morgan fingerprint density at radius 1 is 1.31 bits per heavy atom. The molecule has 0 saturated heterocycles. The van der Waals surface area contributed by atoms with E-state index in [1.54, 1.807) is 4.68 Å². The van der Waals surface area contributed by atoms with Gasteiger partial charge >= 0.3 is 0 Å². The fourth-order valence-corrected chi connectivity index (χ4v) is 4.42. The maximum atomic E-state index is 11.7. The third-order valence-corrected chi connectivity index (χ3v) is 5.02. The Hall–Kier alpha value is -2.23. The first-order valence-electron chi connectivity index (χ1n) is 8.25. The third-order valence-electron chi connectivity index (χ3n) is 4.10. The first kappa shape index (κ1) is 18.6. The van der Waals surface area contributed by atoms with Crippen LogP contribution in [0.2, 0.25) is 0 Å². The molecule has 0 aliphatic carbocycles. The Bertz CT molecular complexity index is 1070. The summed E-state index contributed by atoms with van der Waals surface area (Å²) in [5.74, 6) is 0.311. The van der Waals surface area contributed by atoms with Crippen molar-refractivity contribution in [1.82, 2.24) is 19.5 Å². The fourth-order valence-electron chi connectivity index (χ4n) is 3.34. The highest BCUT2D eigenvalue weighted by atomic mass is 32.2. The van der Waals surface area contributed by atoms with E-state index in [0.717, 1.165) is 28.2 Å². The van der Waals surface area contributed by atoms with E-state index in [-0.39, 0.29) is 13.2 Å². The van der Waals surface area contributed by atoms with Gasteiger partial charge in [0.25, 0.3) is 0 Å². The Morgan fingerprint density at radius 3 is 2.65 bits per heavy atom. The number of aliphatic hydroxyl groups excluding tert-OH is 1. The molecule has 0 saturated carbocycles. The maximum Gasteiger partial charge on any atom is 0.209 e. The predicted molar refractivity (Wildman–Crippen MR) is 102 cm³/mol. The molecule has 0 radical (unpaired) electrons. The van der Waals surface area contributed by atoms with Crippen LogP contribution < -0.4 is 10.5 Å². The lowest BCUT2D eigenvalue weighted by molar-refractivity contribution is 0.266. The molecule has 2 aromatic heterocycles. The highest BCUT2D eigenvalue weighted by Crippen LogP contribution is 2.32. The van der Waals surface area contributed by atoms with Gasteiger partial charge in [-0.05, 0) is 19.9 Å². The average molecular weight is 377 g/mol. The molecule has 1 aromatic carbocycles. The van der Waals surface area contributed by atoms with Crippen molar-refractivity contribution in [2.75, 3.05) is 18.6 Å². The summed E-state index contributed by atoms with van der Waals surface area (Å²) in [4.78, 5) is 4.40. The Balaban J connectivity index is 2.26. The van der Waals surface area contributed by atoms with E-state index >= 15 is 0 Å². The number of pyridine rings is 1. The van der Waals surface area contributed by atoms with Gasteiger partial charge in [-0.25, -0.2) is 18.1 Å². The fraction of sp³-hybridized carbons (Fsp3) is 0.412. The van der Waals surface area contributed by atoms with Crippen molar-refractivity contribution in [2.45, 2.75) is 32.4 Å². The van der Waals surface area contributed by atoms with Crippen LogP contribution in [0.3, 0.4) is 0 Å². The standard InChI is InChI=1S/C17H23N5O3S/c1-17(2,21-26(3,24)25)10-13-14-11-6-4-5-7-12(11)19-16(18)15(14)20-22(13)8-9-23/h4-7,21,23H,8-10H2,1-3H3,(H2,18,19). The molecule has 4 N–H and O–H groups in total. The monoisotopic (exact) mass is 377 g/mol. The third kappa shape index (κ3) is 3.64. The lowest BCUT2D eigenvalue weighted by Crippen LogP contribution is -2.45. The van der Waals surface area contributed by atoms with Crippen LogP contribution in [0.25, 0.3) is 21.8 Å². The van der Waals surface area contributed by atoms with Gasteiger partial charge in [0.05, 0.1) is 24.9 Å². The topological polar surface area (TPSA) is 123 Å². The second-order valence-corrected chi connectivity index (χ2v) is 8.81. The second-order valence-electron chi connectivity index (χ2n) is 7.07. The lowest BCUT2D eigenvalue weighted by Gasteiger charge is -2.25. The zero-order chi connectivity index (χ0) is 19.1. The van der Waals surface area contributed by atoms with Gasteiger partial charge in [-0.1, -0.05) is 18.2 Å². The van der Waals surface area contributed by atoms with Crippen LogP contribution in [0.1, 0.15) is 19.5 Å². The zero-order valence-electron chi connectivity index (χ0n) is 15.0. The van der Waals surface area contributed by atoms with Gasteiger partial charge in [0.2, 0.25) is 10.0 Å². The van der Waals surface area contributed by atoms with Gasteiger partial charge in [0.15, 0.2) is 5.82 Å². The van der Waals surface area contributed by atoms with Gasteiger partial charge in [0, 0.05) is 28.4 Å². The predicted octanol–water partition coefficient (Wildman–Crippen LogP) is 1.03. The number of hydrogen-bond acceptors (Lipinski definition) is 6. The van der Waals surface area contributed by atoms with E-state index in [9.17, 15) is 13.5 Å². The van der Waals surface area contributed by atoms with Gasteiger partial charge in [-0.3, -0.25) is 4.68 Å². The van der Waals surface area contributed by atoms with Gasteiger partial charge in [0.1, 0.15) is 5.52 Å². The van der Waals surface area contributed by atoms with Crippen LogP contribution in [0, 0.1) is 0 Å². The number of fused-ring (bicyclic) bond motifs is 3. The molecule has 2 heterocycles. The number of sulfonamides is 1. The number of benzene rings is 1. The normalized spacial score (nSPS) is 12.9. The summed E-state index contributed by atoms with van der Waals surface area (Å²) in [7, 11) is -3.38. The molecule has 0 fully saturated rings. The van der Waals surface area contributed by atoms with E-state index in [0.29, 0.717) is 17.8 Å². The first-order valence-corrected chi connectivity index (χ1v) is 10.1. The van der Waals surface area contributed by atoms with Crippen LogP contribution in [0.15, 0.2) is 24.3 Å². The SMILES string of the molecule is CC(C)(Cc1c2c(nn1CCO)c(N)nc1ccccc12)NS(C)(=O)=O. The largest absolute Gasteiger partial charge is 0.394 e. The molecular weight excluding hydrogens is 354 g/mol. The minimum Gasteiger partial charge on any atom is -0.394 e. The number of nitrogens with two attached hydrogens (primary N) is 1. The molecule has 0 spiro atoms. The Morgan fingerprint density at radius 2 is 2.00 bits per heavy atom. The maximum absolute atomic E-state index is 11.7. The van der Waals surface area contributed by atoms with E-state index in [1.807, 2.05) is 38.1 Å². The highest BCUT2D eigenvalue weighted by Gasteiger charge is 2.27. The van der Waals surface area contributed by atoms with E-state index in [2.05, 4.69) is 14.8 Å². The van der Waals surface area contributed by atoms with Crippen LogP contribution in [0.4, 0.5) is 5.82 Å². The Labute approximate surface area is 152 Å². The summed E-state index contributed by atoms with van der Waals surface area (Å²) in [5, 5.41) is 15.7. The summed E-state index contributed by atoms with van der Waals surface area (Å²) in [6, 6.07) is 7.61. The van der Waals surface area contributed by atoms with Crippen molar-refractivity contribution in [3.63, 3.8) is 0 Å². The average Bonchev–Trinajstić information content (AvgIpc) is 2.84. The first-order chi connectivity index (χ1) is 12.1. The number of para-hydroxylation sites is 1. The van der Waals surface area contributed by atoms with Crippen molar-refractivity contribution < 1.29 is 13.5 Å². The molecule has 0 aliphatic heterocycles. The van der Waals surface area contributed by atoms with Gasteiger partial charge < -0.3 is 10.8 Å². The number of hydrogen-bond donors (Lipinski definition) is 3. The number of anilines is 1. The van der Waals surface area contributed by atoms with Crippen molar-refractivity contribution in [3.05, 3.63) is 30.0 Å². The molecular formula is C17H23N5O3S. The Kier molecular flexibility index (Phi) is 4.63. The summed E-state index contributed by atoms with van der Waals surface area (Å²) in [6.07, 6.45) is 1.51. The quantitative estimate of drug-likeness (QED) is 0.589. The van der Waals surface area contributed by atoms with E-state index in [4.69, 9.17) is 5.73 Å². The summed E-state index contributed by atoms with van der Waals surface area (Å²) in [6.45, 7) is 3.81. The van der Waals surface area contributed by atoms with Crippen LogP contribution >= 0.6 is 0 Å². The zero-order valence-corrected chi connectivity index (χ0v) is 15.8. The van der Waals surface area contributed by atoms with Gasteiger partial charge in [-0.15, -0.1) is 0 Å². The molecule has 0 unspecified atom stereocenters. The minimum atomic E-state index is -3.38. The molecule has 140 valence electrons. The molecule has 8 nitrogen and oxygen atoms in total. The summed E-state index contributed by atoms with van der Waals surface area (Å²) < 4.78 is 27.8. The molecule has 0 bridgehead atoms. The molecule has 3 aromatic rings. The highest BCUT2D eigenvalue weighted by molar-refractivity contribution is 7.88. The molecule has 3 rings (SSSR count).